The van der Waals surface area contributed by atoms with E-state index in [9.17, 15) is 18.7 Å². The smallest absolute Gasteiger partial charge is 0.322 e. The van der Waals surface area contributed by atoms with E-state index in [1.165, 1.54) is 24.3 Å². The molecule has 1 aliphatic rings. The second-order valence-electron chi connectivity index (χ2n) is 10.7. The fourth-order valence-corrected chi connectivity index (χ4v) is 5.76. The number of carboxylic acids is 1. The largest absolute Gasteiger partial charge is 0.493 e. The van der Waals surface area contributed by atoms with Gasteiger partial charge in [-0.1, -0.05) is 37.1 Å². The van der Waals surface area contributed by atoms with Gasteiger partial charge < -0.3 is 19.3 Å². The van der Waals surface area contributed by atoms with Crippen molar-refractivity contribution in [2.45, 2.75) is 44.2 Å². The Hall–Kier alpha value is -3.69. The van der Waals surface area contributed by atoms with Crippen LogP contribution in [0, 0.1) is 11.6 Å². The van der Waals surface area contributed by atoms with E-state index in [4.69, 9.17) is 14.2 Å². The molecule has 0 saturated carbocycles. The lowest BCUT2D eigenvalue weighted by molar-refractivity contribution is -0.146. The second kappa shape index (κ2) is 15.0. The minimum absolute atomic E-state index is 0.0386. The molecule has 1 atom stereocenters. The first-order chi connectivity index (χ1) is 20.3. The zero-order valence-corrected chi connectivity index (χ0v) is 24.5. The predicted molar refractivity (Wildman–Crippen MR) is 157 cm³/mol. The number of methoxy groups -OCH3 is 3. The highest BCUT2D eigenvalue weighted by Gasteiger charge is 2.32. The van der Waals surface area contributed by atoms with Gasteiger partial charge in [0.2, 0.25) is 5.75 Å². The molecular formula is C33H40F2N2O5. The lowest BCUT2D eigenvalue weighted by Crippen LogP contribution is -2.56. The monoisotopic (exact) mass is 582 g/mol. The van der Waals surface area contributed by atoms with Gasteiger partial charge in [0.05, 0.1) is 21.3 Å². The molecule has 1 unspecified atom stereocenters. The number of aliphatic carboxylic acids is 1. The lowest BCUT2D eigenvalue weighted by Gasteiger charge is -2.39. The minimum Gasteiger partial charge on any atom is -0.493 e. The highest BCUT2D eigenvalue weighted by atomic mass is 19.1. The summed E-state index contributed by atoms with van der Waals surface area (Å²) in [6, 6.07) is 16.2. The molecule has 1 heterocycles. The maximum Gasteiger partial charge on any atom is 0.322 e. The molecule has 0 amide bonds. The first kappa shape index (κ1) is 31.3. The van der Waals surface area contributed by atoms with Crippen molar-refractivity contribution in [3.8, 4) is 17.2 Å². The number of hydrogen-bond acceptors (Lipinski definition) is 6. The molecule has 1 aliphatic heterocycles. The van der Waals surface area contributed by atoms with Crippen LogP contribution in [0.2, 0.25) is 0 Å². The lowest BCUT2D eigenvalue weighted by atomic mass is 9.87. The van der Waals surface area contributed by atoms with Crippen LogP contribution in [0.5, 0.6) is 17.2 Å². The van der Waals surface area contributed by atoms with Crippen molar-refractivity contribution >= 4 is 5.97 Å². The number of nitrogens with zero attached hydrogens (tertiary/aromatic N) is 2. The van der Waals surface area contributed by atoms with Crippen LogP contribution in [0.1, 0.15) is 48.3 Å². The van der Waals surface area contributed by atoms with E-state index in [1.54, 1.807) is 45.6 Å². The molecule has 1 fully saturated rings. The maximum absolute atomic E-state index is 13.5. The third kappa shape index (κ3) is 7.98. The van der Waals surface area contributed by atoms with Gasteiger partial charge in [-0.05, 0) is 72.5 Å². The first-order valence-corrected chi connectivity index (χ1v) is 14.3. The summed E-state index contributed by atoms with van der Waals surface area (Å²) in [5.41, 5.74) is 2.95. The Balaban J connectivity index is 1.31. The van der Waals surface area contributed by atoms with Gasteiger partial charge >= 0.3 is 5.97 Å². The third-order valence-corrected chi connectivity index (χ3v) is 7.97. The topological polar surface area (TPSA) is 71.5 Å². The van der Waals surface area contributed by atoms with Crippen LogP contribution in [0.25, 0.3) is 0 Å². The van der Waals surface area contributed by atoms with Crippen molar-refractivity contribution in [1.29, 1.82) is 0 Å². The summed E-state index contributed by atoms with van der Waals surface area (Å²) in [5, 5.41) is 10.0. The predicted octanol–water partition coefficient (Wildman–Crippen LogP) is 5.95. The standard InChI is InChI=1S/C33H40F2N2O5/c1-40-30-19-23(20-31(41-2)32(30)42-3)21-36-17-18-37(29(22-36)33(38)39)16-6-4-5-7-28(24-8-12-26(34)13-9-24)25-10-14-27(35)15-11-25/h8-15,19-20,28-29H,4-7,16-18,21-22H2,1-3H3,(H,38,39). The molecule has 0 radical (unpaired) electrons. The van der Waals surface area contributed by atoms with Crippen LogP contribution in [0.15, 0.2) is 60.7 Å². The Morgan fingerprint density at radius 2 is 1.43 bits per heavy atom. The number of carbonyl (C=O) groups is 1. The summed E-state index contributed by atoms with van der Waals surface area (Å²) in [4.78, 5) is 16.4. The molecule has 226 valence electrons. The van der Waals surface area contributed by atoms with Crippen LogP contribution < -0.4 is 14.2 Å². The molecule has 1 saturated heterocycles. The van der Waals surface area contributed by atoms with E-state index >= 15 is 0 Å². The highest BCUT2D eigenvalue weighted by molar-refractivity contribution is 5.74. The van der Waals surface area contributed by atoms with Crippen molar-refractivity contribution in [2.24, 2.45) is 0 Å². The minimum atomic E-state index is -0.822. The van der Waals surface area contributed by atoms with Gasteiger partial charge in [0.15, 0.2) is 11.5 Å². The Morgan fingerprint density at radius 1 is 0.857 bits per heavy atom. The Bertz CT molecular complexity index is 1230. The summed E-state index contributed by atoms with van der Waals surface area (Å²) in [6.45, 7) is 3.10. The number of rotatable bonds is 14. The average molecular weight is 583 g/mol. The van der Waals surface area contributed by atoms with Crippen LogP contribution in [0.4, 0.5) is 8.78 Å². The molecule has 0 aliphatic carbocycles. The molecule has 0 aromatic heterocycles. The number of ether oxygens (including phenoxy) is 3. The normalized spacial score (nSPS) is 16.0. The molecule has 42 heavy (non-hydrogen) atoms. The molecule has 3 aromatic rings. The first-order valence-electron chi connectivity index (χ1n) is 14.3. The molecule has 9 heteroatoms. The van der Waals surface area contributed by atoms with Crippen molar-refractivity contribution in [3.63, 3.8) is 0 Å². The summed E-state index contributed by atoms with van der Waals surface area (Å²) >= 11 is 0. The van der Waals surface area contributed by atoms with E-state index in [0.717, 1.165) is 48.9 Å². The van der Waals surface area contributed by atoms with E-state index in [0.29, 0.717) is 43.4 Å². The SMILES string of the molecule is COc1cc(CN2CCN(CCCCCC(c3ccc(F)cc3)c3ccc(F)cc3)C(C(=O)O)C2)cc(OC)c1OC. The summed E-state index contributed by atoms with van der Waals surface area (Å²) in [7, 11) is 4.71. The number of carboxylic acid groups (broad SMARTS) is 1. The molecule has 0 bridgehead atoms. The number of unbranched alkanes of at least 4 members (excludes halogenated alkanes) is 2. The van der Waals surface area contributed by atoms with Gasteiger partial charge in [-0.2, -0.15) is 0 Å². The molecule has 0 spiro atoms. The number of hydrogen-bond donors (Lipinski definition) is 1. The molecule has 4 rings (SSSR count). The van der Waals surface area contributed by atoms with Crippen LogP contribution in [-0.2, 0) is 11.3 Å². The van der Waals surface area contributed by atoms with Crippen molar-refractivity contribution in [1.82, 2.24) is 9.80 Å². The summed E-state index contributed by atoms with van der Waals surface area (Å²) in [5.74, 6) is 0.316. The number of benzene rings is 3. The van der Waals surface area contributed by atoms with Gasteiger partial charge in [-0.15, -0.1) is 0 Å². The van der Waals surface area contributed by atoms with Gasteiger partial charge in [-0.25, -0.2) is 8.78 Å². The van der Waals surface area contributed by atoms with Crippen molar-refractivity contribution < 1.29 is 32.9 Å². The second-order valence-corrected chi connectivity index (χ2v) is 10.7. The maximum atomic E-state index is 13.5. The summed E-state index contributed by atoms with van der Waals surface area (Å²) < 4.78 is 43.4. The van der Waals surface area contributed by atoms with Crippen LogP contribution in [0.3, 0.4) is 0 Å². The van der Waals surface area contributed by atoms with E-state index in [-0.39, 0.29) is 17.6 Å². The van der Waals surface area contributed by atoms with Crippen molar-refractivity contribution in [3.05, 3.63) is 89.0 Å². The Labute approximate surface area is 246 Å². The van der Waals surface area contributed by atoms with Crippen LogP contribution >= 0.6 is 0 Å². The fourth-order valence-electron chi connectivity index (χ4n) is 5.76. The Morgan fingerprint density at radius 3 is 1.93 bits per heavy atom. The highest BCUT2D eigenvalue weighted by Crippen LogP contribution is 2.38. The van der Waals surface area contributed by atoms with Crippen molar-refractivity contribution in [2.75, 3.05) is 47.5 Å². The Kier molecular flexibility index (Phi) is 11.1. The van der Waals surface area contributed by atoms with E-state index in [2.05, 4.69) is 9.80 Å². The molecule has 3 aromatic carbocycles. The van der Waals surface area contributed by atoms with Crippen LogP contribution in [-0.4, -0.2) is 74.4 Å². The zero-order valence-electron chi connectivity index (χ0n) is 24.5. The van der Waals surface area contributed by atoms with Gasteiger partial charge in [-0.3, -0.25) is 14.6 Å². The summed E-state index contributed by atoms with van der Waals surface area (Å²) in [6.07, 6.45) is 3.55. The van der Waals surface area contributed by atoms with Gasteiger partial charge in [0, 0.05) is 32.1 Å². The fraction of sp³-hybridized carbons (Fsp3) is 0.424. The molecular weight excluding hydrogens is 542 g/mol. The van der Waals surface area contributed by atoms with E-state index in [1.807, 2.05) is 12.1 Å². The molecule has 1 N–H and O–H groups in total. The number of piperazine rings is 1. The molecule has 7 nitrogen and oxygen atoms in total. The van der Waals surface area contributed by atoms with Gasteiger partial charge in [0.1, 0.15) is 17.7 Å². The third-order valence-electron chi connectivity index (χ3n) is 7.97. The zero-order chi connectivity index (χ0) is 30.1. The average Bonchev–Trinajstić information content (AvgIpc) is 3.00. The van der Waals surface area contributed by atoms with E-state index < -0.39 is 12.0 Å². The van der Waals surface area contributed by atoms with Gasteiger partial charge in [0.25, 0.3) is 0 Å². The quantitative estimate of drug-likeness (QED) is 0.236. The number of halogens is 2.